The van der Waals surface area contributed by atoms with Crippen LogP contribution in [0.5, 0.6) is 5.75 Å². The van der Waals surface area contributed by atoms with Crippen LogP contribution in [0.3, 0.4) is 0 Å². The molecule has 1 aliphatic rings. The van der Waals surface area contributed by atoms with Crippen molar-refractivity contribution in [3.63, 3.8) is 0 Å². The van der Waals surface area contributed by atoms with Gasteiger partial charge in [0, 0.05) is 18.5 Å². The second-order valence-corrected chi connectivity index (χ2v) is 4.53. The van der Waals surface area contributed by atoms with E-state index >= 15 is 0 Å². The molecule has 2 heterocycles. The standard InChI is InChI=1S/C14H18N2O3/c1-17-13-4-2-3-11-9-12(19-14(11)13)10-15-16-5-7-18-8-6-16/h2-4,9,15H,5-8,10H2,1H3. The molecule has 0 radical (unpaired) electrons. The quantitative estimate of drug-likeness (QED) is 0.910. The monoisotopic (exact) mass is 262 g/mol. The molecule has 0 saturated carbocycles. The Labute approximate surface area is 112 Å². The van der Waals surface area contributed by atoms with Crippen molar-refractivity contribution in [3.8, 4) is 5.75 Å². The van der Waals surface area contributed by atoms with E-state index in [0.29, 0.717) is 6.54 Å². The van der Waals surface area contributed by atoms with Gasteiger partial charge in [0.1, 0.15) is 5.76 Å². The summed E-state index contributed by atoms with van der Waals surface area (Å²) in [5, 5.41) is 3.23. The van der Waals surface area contributed by atoms with Gasteiger partial charge in [0.25, 0.3) is 0 Å². The van der Waals surface area contributed by atoms with Crippen molar-refractivity contribution >= 4 is 11.0 Å². The third-order valence-corrected chi connectivity index (χ3v) is 3.27. The summed E-state index contributed by atoms with van der Waals surface area (Å²) in [6.07, 6.45) is 0. The van der Waals surface area contributed by atoms with Crippen LogP contribution >= 0.6 is 0 Å². The van der Waals surface area contributed by atoms with Crippen molar-refractivity contribution in [1.82, 2.24) is 10.4 Å². The third-order valence-electron chi connectivity index (χ3n) is 3.27. The number of benzene rings is 1. The normalized spacial score (nSPS) is 16.9. The van der Waals surface area contributed by atoms with E-state index in [9.17, 15) is 0 Å². The molecule has 1 aromatic heterocycles. The van der Waals surface area contributed by atoms with Crippen LogP contribution in [0.4, 0.5) is 0 Å². The van der Waals surface area contributed by atoms with Gasteiger partial charge in [-0.15, -0.1) is 0 Å². The van der Waals surface area contributed by atoms with Crippen LogP contribution in [0.2, 0.25) is 0 Å². The zero-order valence-corrected chi connectivity index (χ0v) is 11.0. The highest BCUT2D eigenvalue weighted by atomic mass is 16.5. The first-order valence-corrected chi connectivity index (χ1v) is 6.48. The molecule has 0 amide bonds. The van der Waals surface area contributed by atoms with E-state index in [1.807, 2.05) is 24.3 Å². The molecule has 0 bridgehead atoms. The number of hydrogen-bond donors (Lipinski definition) is 1. The SMILES string of the molecule is COc1cccc2cc(CNN3CCOCC3)oc12. The zero-order valence-electron chi connectivity index (χ0n) is 11.0. The molecule has 102 valence electrons. The molecule has 1 N–H and O–H groups in total. The van der Waals surface area contributed by atoms with Crippen molar-refractivity contribution in [2.75, 3.05) is 33.4 Å². The fourth-order valence-corrected chi connectivity index (χ4v) is 2.25. The summed E-state index contributed by atoms with van der Waals surface area (Å²) in [6, 6.07) is 7.95. The lowest BCUT2D eigenvalue weighted by Gasteiger charge is -2.26. The minimum atomic E-state index is 0.678. The smallest absolute Gasteiger partial charge is 0.176 e. The predicted molar refractivity (Wildman–Crippen MR) is 72.0 cm³/mol. The molecular weight excluding hydrogens is 244 g/mol. The molecule has 5 heteroatoms. The fourth-order valence-electron chi connectivity index (χ4n) is 2.25. The lowest BCUT2D eigenvalue weighted by atomic mass is 10.2. The minimum absolute atomic E-state index is 0.678. The molecule has 0 spiro atoms. The van der Waals surface area contributed by atoms with Crippen LogP contribution in [0.25, 0.3) is 11.0 Å². The Morgan fingerprint density at radius 3 is 2.95 bits per heavy atom. The van der Waals surface area contributed by atoms with Gasteiger partial charge in [0.2, 0.25) is 0 Å². The Morgan fingerprint density at radius 1 is 1.32 bits per heavy atom. The average Bonchev–Trinajstić information content (AvgIpc) is 2.89. The summed E-state index contributed by atoms with van der Waals surface area (Å²) in [7, 11) is 1.66. The van der Waals surface area contributed by atoms with Crippen molar-refractivity contribution in [2.24, 2.45) is 0 Å². The fraction of sp³-hybridized carbons (Fsp3) is 0.429. The van der Waals surface area contributed by atoms with Crippen LogP contribution in [-0.2, 0) is 11.3 Å². The Morgan fingerprint density at radius 2 is 2.16 bits per heavy atom. The molecule has 2 aromatic rings. The van der Waals surface area contributed by atoms with E-state index in [1.165, 1.54) is 0 Å². The number of methoxy groups -OCH3 is 1. The first-order valence-electron chi connectivity index (χ1n) is 6.48. The van der Waals surface area contributed by atoms with Gasteiger partial charge in [-0.3, -0.25) is 0 Å². The number of hydrazine groups is 1. The molecule has 3 rings (SSSR count). The maximum absolute atomic E-state index is 5.84. The first-order chi connectivity index (χ1) is 9.36. The van der Waals surface area contributed by atoms with Gasteiger partial charge in [0.15, 0.2) is 11.3 Å². The van der Waals surface area contributed by atoms with E-state index in [2.05, 4.69) is 10.4 Å². The van der Waals surface area contributed by atoms with Crippen LogP contribution in [-0.4, -0.2) is 38.4 Å². The number of furan rings is 1. The van der Waals surface area contributed by atoms with Gasteiger partial charge in [-0.05, 0) is 12.1 Å². The van der Waals surface area contributed by atoms with Crippen molar-refractivity contribution in [1.29, 1.82) is 0 Å². The second kappa shape index (κ2) is 5.61. The molecule has 0 unspecified atom stereocenters. The van der Waals surface area contributed by atoms with Crippen molar-refractivity contribution in [2.45, 2.75) is 6.54 Å². The summed E-state index contributed by atoms with van der Waals surface area (Å²) in [5.41, 5.74) is 4.16. The summed E-state index contributed by atoms with van der Waals surface area (Å²) in [4.78, 5) is 0. The Hall–Kier alpha value is -1.56. The van der Waals surface area contributed by atoms with Crippen molar-refractivity contribution < 1.29 is 13.9 Å². The lowest BCUT2D eigenvalue weighted by molar-refractivity contribution is 0.00952. The first kappa shape index (κ1) is 12.5. The van der Waals surface area contributed by atoms with Gasteiger partial charge in [-0.1, -0.05) is 12.1 Å². The number of fused-ring (bicyclic) bond motifs is 1. The average molecular weight is 262 g/mol. The number of rotatable bonds is 4. The molecule has 1 fully saturated rings. The molecule has 1 aromatic carbocycles. The highest BCUT2D eigenvalue weighted by Crippen LogP contribution is 2.28. The molecule has 1 saturated heterocycles. The molecule has 1 aliphatic heterocycles. The molecular formula is C14H18N2O3. The Balaban J connectivity index is 1.70. The molecule has 0 atom stereocenters. The van der Waals surface area contributed by atoms with Crippen LogP contribution in [0.15, 0.2) is 28.7 Å². The van der Waals surface area contributed by atoms with Gasteiger partial charge in [-0.2, -0.15) is 0 Å². The molecule has 5 nitrogen and oxygen atoms in total. The molecule has 0 aliphatic carbocycles. The number of nitrogens with zero attached hydrogens (tertiary/aromatic N) is 1. The summed E-state index contributed by atoms with van der Waals surface area (Å²) >= 11 is 0. The summed E-state index contributed by atoms with van der Waals surface area (Å²) in [5.74, 6) is 1.68. The highest BCUT2D eigenvalue weighted by molar-refractivity contribution is 5.83. The number of ether oxygens (including phenoxy) is 2. The number of hydrogen-bond acceptors (Lipinski definition) is 5. The minimum Gasteiger partial charge on any atom is -0.493 e. The van der Waals surface area contributed by atoms with E-state index in [1.54, 1.807) is 7.11 Å². The van der Waals surface area contributed by atoms with Gasteiger partial charge in [-0.25, -0.2) is 10.4 Å². The lowest BCUT2D eigenvalue weighted by Crippen LogP contribution is -2.45. The van der Waals surface area contributed by atoms with Crippen LogP contribution in [0.1, 0.15) is 5.76 Å². The summed E-state index contributed by atoms with van der Waals surface area (Å²) < 4.78 is 16.4. The maximum Gasteiger partial charge on any atom is 0.176 e. The second-order valence-electron chi connectivity index (χ2n) is 4.53. The van der Waals surface area contributed by atoms with Gasteiger partial charge >= 0.3 is 0 Å². The van der Waals surface area contributed by atoms with Gasteiger partial charge < -0.3 is 13.9 Å². The van der Waals surface area contributed by atoms with Crippen molar-refractivity contribution in [3.05, 3.63) is 30.0 Å². The van der Waals surface area contributed by atoms with Gasteiger partial charge in [0.05, 0.1) is 26.9 Å². The molecule has 19 heavy (non-hydrogen) atoms. The zero-order chi connectivity index (χ0) is 13.1. The topological polar surface area (TPSA) is 46.9 Å². The predicted octanol–water partition coefficient (Wildman–Crippen LogP) is 1.78. The Bertz CT molecular complexity index is 547. The highest BCUT2D eigenvalue weighted by Gasteiger charge is 2.12. The number of nitrogens with one attached hydrogen (secondary N) is 1. The van der Waals surface area contributed by atoms with Crippen LogP contribution in [0, 0.1) is 0 Å². The third kappa shape index (κ3) is 2.73. The largest absolute Gasteiger partial charge is 0.493 e. The maximum atomic E-state index is 5.84. The van der Waals surface area contributed by atoms with E-state index in [4.69, 9.17) is 13.9 Å². The summed E-state index contributed by atoms with van der Waals surface area (Å²) in [6.45, 7) is 4.05. The van der Waals surface area contributed by atoms with E-state index in [-0.39, 0.29) is 0 Å². The van der Waals surface area contributed by atoms with Crippen LogP contribution < -0.4 is 10.2 Å². The van der Waals surface area contributed by atoms with E-state index < -0.39 is 0 Å². The van der Waals surface area contributed by atoms with E-state index in [0.717, 1.165) is 48.8 Å². The number of para-hydroxylation sites is 1. The number of morpholine rings is 1. The Kier molecular flexibility index (Phi) is 3.68.